The van der Waals surface area contributed by atoms with Crippen LogP contribution in [0.3, 0.4) is 0 Å². The van der Waals surface area contributed by atoms with E-state index in [-0.39, 0.29) is 6.04 Å². The first kappa shape index (κ1) is 14.6. The monoisotopic (exact) mass is 274 g/mol. The van der Waals surface area contributed by atoms with Gasteiger partial charge in [-0.2, -0.15) is 5.10 Å². The average Bonchev–Trinajstić information content (AvgIpc) is 2.92. The topological polar surface area (TPSA) is 68.5 Å². The maximum absolute atomic E-state index is 4.38. The quantitative estimate of drug-likeness (QED) is 0.835. The van der Waals surface area contributed by atoms with Gasteiger partial charge in [0.05, 0.1) is 11.7 Å². The molecule has 1 N–H and O–H groups in total. The van der Waals surface area contributed by atoms with E-state index in [0.29, 0.717) is 6.04 Å². The highest BCUT2D eigenvalue weighted by Crippen LogP contribution is 2.16. The van der Waals surface area contributed by atoms with Crippen molar-refractivity contribution in [2.45, 2.75) is 45.7 Å². The molecule has 20 heavy (non-hydrogen) atoms. The van der Waals surface area contributed by atoms with Gasteiger partial charge in [0.25, 0.3) is 0 Å². The number of nitrogens with zero attached hydrogens (tertiary/aromatic N) is 5. The highest BCUT2D eigenvalue weighted by atomic mass is 15.3. The van der Waals surface area contributed by atoms with E-state index in [9.17, 15) is 0 Å². The first-order chi connectivity index (χ1) is 9.72. The molecule has 108 valence electrons. The summed E-state index contributed by atoms with van der Waals surface area (Å²) in [6, 6.07) is 2.40. The highest BCUT2D eigenvalue weighted by Gasteiger charge is 2.17. The third-order valence-corrected chi connectivity index (χ3v) is 3.13. The van der Waals surface area contributed by atoms with Crippen LogP contribution in [0.15, 0.2) is 24.9 Å². The smallest absolute Gasteiger partial charge is 0.138 e. The average molecular weight is 274 g/mol. The molecule has 6 heteroatoms. The highest BCUT2D eigenvalue weighted by molar-refractivity contribution is 5.08. The van der Waals surface area contributed by atoms with E-state index in [2.05, 4.69) is 46.1 Å². The summed E-state index contributed by atoms with van der Waals surface area (Å²) in [5.74, 6) is 0.979. The zero-order valence-corrected chi connectivity index (χ0v) is 12.3. The lowest BCUT2D eigenvalue weighted by atomic mass is 10.1. The van der Waals surface area contributed by atoms with Crippen molar-refractivity contribution in [1.29, 1.82) is 0 Å². The normalized spacial score (nSPS) is 12.8. The number of rotatable bonds is 7. The molecule has 1 unspecified atom stereocenters. The van der Waals surface area contributed by atoms with Crippen LogP contribution in [-0.2, 0) is 6.42 Å². The molecule has 6 nitrogen and oxygen atoms in total. The summed E-state index contributed by atoms with van der Waals surface area (Å²) < 4.78 is 1.96. The second-order valence-electron chi connectivity index (χ2n) is 5.06. The van der Waals surface area contributed by atoms with E-state index in [1.807, 2.05) is 10.7 Å². The van der Waals surface area contributed by atoms with Crippen molar-refractivity contribution < 1.29 is 0 Å². The second kappa shape index (κ2) is 7.09. The first-order valence-corrected chi connectivity index (χ1v) is 7.10. The SMILES string of the molecule is CCCNC(Cc1ncnn1C(C)C)c1ccncn1. The van der Waals surface area contributed by atoms with Crippen molar-refractivity contribution in [2.75, 3.05) is 6.54 Å². The number of aromatic nitrogens is 5. The molecule has 0 fully saturated rings. The predicted molar refractivity (Wildman–Crippen MR) is 77.2 cm³/mol. The van der Waals surface area contributed by atoms with Gasteiger partial charge in [0.15, 0.2) is 0 Å². The predicted octanol–water partition coefficient (Wildman–Crippen LogP) is 1.93. The van der Waals surface area contributed by atoms with Gasteiger partial charge >= 0.3 is 0 Å². The molecule has 2 aromatic rings. The van der Waals surface area contributed by atoms with Gasteiger partial charge in [-0.25, -0.2) is 19.6 Å². The Morgan fingerprint density at radius 2 is 2.10 bits per heavy atom. The van der Waals surface area contributed by atoms with Crippen LogP contribution in [0.4, 0.5) is 0 Å². The summed E-state index contributed by atoms with van der Waals surface area (Å²) in [6.45, 7) is 7.32. The Balaban J connectivity index is 2.17. The van der Waals surface area contributed by atoms with Gasteiger partial charge in [-0.1, -0.05) is 6.92 Å². The molecule has 0 aliphatic rings. The molecule has 0 radical (unpaired) electrons. The van der Waals surface area contributed by atoms with Crippen LogP contribution in [0.1, 0.15) is 50.8 Å². The van der Waals surface area contributed by atoms with Crippen molar-refractivity contribution in [2.24, 2.45) is 0 Å². The van der Waals surface area contributed by atoms with Gasteiger partial charge in [0.1, 0.15) is 18.5 Å². The molecule has 2 aromatic heterocycles. The third kappa shape index (κ3) is 3.60. The molecule has 0 aliphatic carbocycles. The van der Waals surface area contributed by atoms with Gasteiger partial charge in [-0.3, -0.25) is 0 Å². The fourth-order valence-electron chi connectivity index (χ4n) is 2.14. The van der Waals surface area contributed by atoms with Crippen molar-refractivity contribution in [3.05, 3.63) is 36.4 Å². The van der Waals surface area contributed by atoms with Crippen molar-refractivity contribution in [3.8, 4) is 0 Å². The van der Waals surface area contributed by atoms with Crippen LogP contribution in [0.25, 0.3) is 0 Å². The van der Waals surface area contributed by atoms with Gasteiger partial charge < -0.3 is 5.32 Å². The third-order valence-electron chi connectivity index (χ3n) is 3.13. The molecule has 1 atom stereocenters. The van der Waals surface area contributed by atoms with Crippen LogP contribution in [0.2, 0.25) is 0 Å². The first-order valence-electron chi connectivity index (χ1n) is 7.10. The van der Waals surface area contributed by atoms with Gasteiger partial charge in [-0.05, 0) is 32.9 Å². The Hall–Kier alpha value is -1.82. The lowest BCUT2D eigenvalue weighted by Gasteiger charge is -2.18. The lowest BCUT2D eigenvalue weighted by molar-refractivity contribution is 0.458. The van der Waals surface area contributed by atoms with Crippen LogP contribution in [-0.4, -0.2) is 31.3 Å². The van der Waals surface area contributed by atoms with Crippen LogP contribution >= 0.6 is 0 Å². The van der Waals surface area contributed by atoms with Crippen molar-refractivity contribution in [3.63, 3.8) is 0 Å². The zero-order valence-electron chi connectivity index (χ0n) is 12.3. The molecule has 0 bridgehead atoms. The van der Waals surface area contributed by atoms with Gasteiger partial charge in [0.2, 0.25) is 0 Å². The molecular weight excluding hydrogens is 252 g/mol. The summed E-state index contributed by atoms with van der Waals surface area (Å²) >= 11 is 0. The largest absolute Gasteiger partial charge is 0.308 e. The molecule has 0 spiro atoms. The Morgan fingerprint density at radius 1 is 1.25 bits per heavy atom. The summed E-state index contributed by atoms with van der Waals surface area (Å²) in [4.78, 5) is 12.7. The Kier molecular flexibility index (Phi) is 5.17. The Bertz CT molecular complexity index is 507. The molecule has 0 aliphatic heterocycles. The molecule has 2 rings (SSSR count). The van der Waals surface area contributed by atoms with E-state index in [4.69, 9.17) is 0 Å². The molecule has 0 aromatic carbocycles. The molecular formula is C14H22N6. The van der Waals surface area contributed by atoms with E-state index in [1.165, 1.54) is 0 Å². The molecule has 0 saturated heterocycles. The van der Waals surface area contributed by atoms with Crippen LogP contribution in [0.5, 0.6) is 0 Å². The Morgan fingerprint density at radius 3 is 2.75 bits per heavy atom. The minimum absolute atomic E-state index is 0.139. The van der Waals surface area contributed by atoms with Crippen molar-refractivity contribution in [1.82, 2.24) is 30.0 Å². The summed E-state index contributed by atoms with van der Waals surface area (Å²) in [7, 11) is 0. The van der Waals surface area contributed by atoms with E-state index in [1.54, 1.807) is 18.9 Å². The fraction of sp³-hybridized carbons (Fsp3) is 0.571. The maximum atomic E-state index is 4.38. The summed E-state index contributed by atoms with van der Waals surface area (Å²) in [5.41, 5.74) is 0.992. The van der Waals surface area contributed by atoms with E-state index in [0.717, 1.165) is 30.9 Å². The minimum atomic E-state index is 0.139. The van der Waals surface area contributed by atoms with Gasteiger partial charge in [0, 0.05) is 18.7 Å². The second-order valence-corrected chi connectivity index (χ2v) is 5.06. The van der Waals surface area contributed by atoms with Crippen LogP contribution < -0.4 is 5.32 Å². The minimum Gasteiger partial charge on any atom is -0.308 e. The fourth-order valence-corrected chi connectivity index (χ4v) is 2.14. The number of hydrogen-bond acceptors (Lipinski definition) is 5. The molecule has 0 amide bonds. The van der Waals surface area contributed by atoms with Gasteiger partial charge in [-0.15, -0.1) is 0 Å². The molecule has 0 saturated carbocycles. The number of nitrogens with one attached hydrogen (secondary N) is 1. The molecule has 2 heterocycles. The summed E-state index contributed by atoms with van der Waals surface area (Å²) in [5, 5.41) is 7.81. The van der Waals surface area contributed by atoms with Crippen LogP contribution in [0, 0.1) is 0 Å². The number of hydrogen-bond donors (Lipinski definition) is 1. The summed E-state index contributed by atoms with van der Waals surface area (Å²) in [6.07, 6.45) is 6.83. The lowest BCUT2D eigenvalue weighted by Crippen LogP contribution is -2.26. The Labute approximate surface area is 119 Å². The standard InChI is InChI=1S/C14H22N6/c1-4-6-16-13(12-5-7-15-9-17-12)8-14-18-10-19-20(14)11(2)3/h5,7,9-11,13,16H,4,6,8H2,1-3H3. The zero-order chi connectivity index (χ0) is 14.4. The maximum Gasteiger partial charge on any atom is 0.138 e. The van der Waals surface area contributed by atoms with E-state index < -0.39 is 0 Å². The van der Waals surface area contributed by atoms with E-state index >= 15 is 0 Å². The van der Waals surface area contributed by atoms with Crippen molar-refractivity contribution >= 4 is 0 Å².